The minimum atomic E-state index is -0.210. The molecule has 0 saturated carbocycles. The number of imide groups is 1. The van der Waals surface area contributed by atoms with Crippen molar-refractivity contribution in [2.75, 3.05) is 6.54 Å². The van der Waals surface area contributed by atoms with Crippen molar-refractivity contribution in [1.29, 1.82) is 0 Å². The van der Waals surface area contributed by atoms with Gasteiger partial charge >= 0.3 is 0 Å². The van der Waals surface area contributed by atoms with E-state index in [0.717, 1.165) is 58.6 Å². The highest BCUT2D eigenvalue weighted by Gasteiger charge is 2.34. The topological polar surface area (TPSA) is 51.5 Å². The first kappa shape index (κ1) is 25.6. The first-order chi connectivity index (χ1) is 18.5. The average Bonchev–Trinajstić information content (AvgIpc) is 3.37. The zero-order valence-corrected chi connectivity index (χ0v) is 22.4. The molecule has 5 rings (SSSR count). The molecule has 192 valence electrons. The predicted octanol–water partition coefficient (Wildman–Crippen LogP) is 7.34. The van der Waals surface area contributed by atoms with E-state index in [1.807, 2.05) is 92.7 Å². The number of hydrogen-bond acceptors (Lipinski definition) is 4. The van der Waals surface area contributed by atoms with E-state index in [4.69, 9.17) is 4.74 Å². The van der Waals surface area contributed by atoms with Crippen LogP contribution in [-0.2, 0) is 17.8 Å². The molecule has 0 N–H and O–H groups in total. The van der Waals surface area contributed by atoms with Gasteiger partial charge in [-0.25, -0.2) is 0 Å². The molecule has 0 atom stereocenters. The summed E-state index contributed by atoms with van der Waals surface area (Å²) in [5, 5.41) is -0.200. The lowest BCUT2D eigenvalue weighted by Gasteiger charge is -2.12. The number of ether oxygens (including phenoxy) is 1. The van der Waals surface area contributed by atoms with E-state index < -0.39 is 0 Å². The van der Waals surface area contributed by atoms with Crippen LogP contribution in [0.3, 0.4) is 0 Å². The van der Waals surface area contributed by atoms with Crippen molar-refractivity contribution in [2.45, 2.75) is 33.3 Å². The van der Waals surface area contributed by atoms with Crippen LogP contribution in [0.4, 0.5) is 4.79 Å². The summed E-state index contributed by atoms with van der Waals surface area (Å²) in [5.74, 6) is 0.596. The van der Waals surface area contributed by atoms with E-state index in [1.165, 1.54) is 10.5 Å². The second-order valence-corrected chi connectivity index (χ2v) is 10.3. The minimum absolute atomic E-state index is 0.200. The number of aromatic nitrogens is 1. The van der Waals surface area contributed by atoms with Crippen LogP contribution < -0.4 is 4.74 Å². The van der Waals surface area contributed by atoms with Crippen molar-refractivity contribution in [3.05, 3.63) is 124 Å². The summed E-state index contributed by atoms with van der Waals surface area (Å²) >= 11 is 1.02. The summed E-state index contributed by atoms with van der Waals surface area (Å²) in [6.45, 7) is 5.02. The largest absolute Gasteiger partial charge is 0.489 e. The summed E-state index contributed by atoms with van der Waals surface area (Å²) in [6.07, 6.45) is 3.42. The minimum Gasteiger partial charge on any atom is -0.489 e. The normalized spacial score (nSPS) is 14.5. The summed E-state index contributed by atoms with van der Waals surface area (Å²) in [4.78, 5) is 27.5. The van der Waals surface area contributed by atoms with E-state index in [-0.39, 0.29) is 11.1 Å². The first-order valence-corrected chi connectivity index (χ1v) is 13.6. The van der Waals surface area contributed by atoms with Gasteiger partial charge in [0.15, 0.2) is 0 Å². The summed E-state index contributed by atoms with van der Waals surface area (Å²) in [7, 11) is 0. The van der Waals surface area contributed by atoms with Crippen LogP contribution in [0.1, 0.15) is 34.5 Å². The van der Waals surface area contributed by atoms with E-state index in [2.05, 4.69) is 22.8 Å². The number of benzene rings is 3. The van der Waals surface area contributed by atoms with Crippen LogP contribution in [-0.4, -0.2) is 27.2 Å². The Bertz CT molecular complexity index is 1460. The highest BCUT2D eigenvalue weighted by Crippen LogP contribution is 2.34. The zero-order chi connectivity index (χ0) is 26.5. The quantitative estimate of drug-likeness (QED) is 0.216. The van der Waals surface area contributed by atoms with Gasteiger partial charge in [0.05, 0.1) is 4.91 Å². The fourth-order valence-corrected chi connectivity index (χ4v) is 5.54. The molecule has 2 amide bonds. The molecule has 38 heavy (non-hydrogen) atoms. The van der Waals surface area contributed by atoms with Crippen LogP contribution in [0.5, 0.6) is 5.75 Å². The summed E-state index contributed by atoms with van der Waals surface area (Å²) < 4.78 is 8.08. The highest BCUT2D eigenvalue weighted by atomic mass is 32.2. The number of nitrogens with zero attached hydrogens (tertiary/aromatic N) is 2. The number of amides is 2. The second-order valence-electron chi connectivity index (χ2n) is 9.35. The number of aryl methyl sites for hydroxylation is 2. The number of carbonyl (C=O) groups excluding carboxylic acids is 2. The van der Waals surface area contributed by atoms with Gasteiger partial charge in [-0.2, -0.15) is 0 Å². The van der Waals surface area contributed by atoms with Gasteiger partial charge in [0.25, 0.3) is 11.1 Å². The van der Waals surface area contributed by atoms with Gasteiger partial charge in [-0.1, -0.05) is 60.7 Å². The molecule has 2 heterocycles. The Labute approximate surface area is 227 Å². The van der Waals surface area contributed by atoms with Crippen molar-refractivity contribution in [3.8, 4) is 11.4 Å². The molecule has 1 aromatic heterocycles. The van der Waals surface area contributed by atoms with E-state index in [9.17, 15) is 9.59 Å². The molecule has 0 radical (unpaired) electrons. The SMILES string of the molecule is Cc1cc(/C=C2/SC(=O)N(CCCc3ccccc3)C2=O)c(C)n1-c1ccc(OCc2ccccc2)cc1. The van der Waals surface area contributed by atoms with Gasteiger partial charge in [-0.05, 0) is 91.5 Å². The lowest BCUT2D eigenvalue weighted by Crippen LogP contribution is -2.29. The lowest BCUT2D eigenvalue weighted by atomic mass is 10.1. The molecule has 4 aromatic rings. The van der Waals surface area contributed by atoms with E-state index in [0.29, 0.717) is 18.1 Å². The predicted molar refractivity (Wildman–Crippen MR) is 153 cm³/mol. The Morgan fingerprint density at radius 2 is 1.50 bits per heavy atom. The number of thioether (sulfide) groups is 1. The first-order valence-electron chi connectivity index (χ1n) is 12.7. The number of rotatable bonds is 9. The Hall–Kier alpha value is -4.03. The number of carbonyl (C=O) groups is 2. The van der Waals surface area contributed by atoms with E-state index in [1.54, 1.807) is 0 Å². The fourth-order valence-electron chi connectivity index (χ4n) is 4.68. The molecule has 1 aliphatic rings. The van der Waals surface area contributed by atoms with Gasteiger partial charge in [-0.15, -0.1) is 0 Å². The highest BCUT2D eigenvalue weighted by molar-refractivity contribution is 8.18. The lowest BCUT2D eigenvalue weighted by molar-refractivity contribution is -0.122. The Morgan fingerprint density at radius 3 is 2.18 bits per heavy atom. The Morgan fingerprint density at radius 1 is 0.842 bits per heavy atom. The molecule has 0 spiro atoms. The van der Waals surface area contributed by atoms with Crippen molar-refractivity contribution < 1.29 is 14.3 Å². The third-order valence-corrected chi connectivity index (χ3v) is 7.57. The maximum atomic E-state index is 13.0. The van der Waals surface area contributed by atoms with Gasteiger partial charge in [0, 0.05) is 23.6 Å². The third-order valence-electron chi connectivity index (χ3n) is 6.66. The van der Waals surface area contributed by atoms with Crippen LogP contribution in [0.25, 0.3) is 11.8 Å². The molecule has 1 fully saturated rings. The standard InChI is InChI=1S/C32H30N2O3S/c1-23-20-27(21-30-31(35)33(32(36)38-30)19-9-14-25-10-5-3-6-11-25)24(2)34(23)28-15-17-29(18-16-28)37-22-26-12-7-4-8-13-26/h3-8,10-13,15-18,20-21H,9,14,19,22H2,1-2H3/b30-21+. The summed E-state index contributed by atoms with van der Waals surface area (Å²) in [6, 6.07) is 30.3. The average molecular weight is 523 g/mol. The van der Waals surface area contributed by atoms with Crippen molar-refractivity contribution in [3.63, 3.8) is 0 Å². The molecule has 0 unspecified atom stereocenters. The van der Waals surface area contributed by atoms with Gasteiger partial charge < -0.3 is 9.30 Å². The Kier molecular flexibility index (Phi) is 7.80. The van der Waals surface area contributed by atoms with Crippen molar-refractivity contribution in [2.24, 2.45) is 0 Å². The Balaban J connectivity index is 1.26. The molecule has 3 aromatic carbocycles. The summed E-state index contributed by atoms with van der Waals surface area (Å²) in [5.41, 5.74) is 6.34. The van der Waals surface area contributed by atoms with Crippen molar-refractivity contribution >= 4 is 29.0 Å². The second kappa shape index (κ2) is 11.6. The third kappa shape index (κ3) is 5.76. The molecular formula is C32H30N2O3S. The molecule has 0 bridgehead atoms. The van der Waals surface area contributed by atoms with Crippen LogP contribution >= 0.6 is 11.8 Å². The van der Waals surface area contributed by atoms with Crippen LogP contribution in [0.2, 0.25) is 0 Å². The zero-order valence-electron chi connectivity index (χ0n) is 21.6. The molecular weight excluding hydrogens is 492 g/mol. The molecule has 5 nitrogen and oxygen atoms in total. The van der Waals surface area contributed by atoms with Gasteiger partial charge in [0.2, 0.25) is 0 Å². The molecule has 1 aliphatic heterocycles. The monoisotopic (exact) mass is 522 g/mol. The van der Waals surface area contributed by atoms with E-state index >= 15 is 0 Å². The van der Waals surface area contributed by atoms with Crippen LogP contribution in [0.15, 0.2) is 95.9 Å². The van der Waals surface area contributed by atoms with Gasteiger partial charge in [0.1, 0.15) is 12.4 Å². The maximum absolute atomic E-state index is 13.0. The number of hydrogen-bond donors (Lipinski definition) is 0. The fraction of sp³-hybridized carbons (Fsp3) is 0.188. The smallest absolute Gasteiger partial charge is 0.293 e. The maximum Gasteiger partial charge on any atom is 0.293 e. The van der Waals surface area contributed by atoms with Gasteiger partial charge in [-0.3, -0.25) is 14.5 Å². The van der Waals surface area contributed by atoms with Crippen LogP contribution in [0, 0.1) is 13.8 Å². The molecule has 0 aliphatic carbocycles. The molecule has 1 saturated heterocycles. The van der Waals surface area contributed by atoms with Crippen molar-refractivity contribution in [1.82, 2.24) is 9.47 Å². The molecule has 6 heteroatoms.